The zero-order valence-electron chi connectivity index (χ0n) is 10.7. The molecule has 0 bridgehead atoms. The van der Waals surface area contributed by atoms with Crippen molar-refractivity contribution in [3.05, 3.63) is 23.8 Å². The van der Waals surface area contributed by atoms with E-state index in [2.05, 4.69) is 17.6 Å². The van der Waals surface area contributed by atoms with E-state index in [4.69, 9.17) is 4.74 Å². The number of ether oxygens (including phenoxy) is 1. The molecule has 1 aromatic rings. The number of anilines is 1. The molecule has 100 valence electrons. The molecule has 2 amide bonds. The number of hydrogen-bond donors (Lipinski definition) is 2. The topological polar surface area (TPSA) is 67.4 Å². The Hall–Kier alpha value is -2.04. The minimum absolute atomic E-state index is 0.00232. The second kappa shape index (κ2) is 4.57. The Morgan fingerprint density at radius 3 is 3.05 bits per heavy atom. The largest absolute Gasteiger partial charge is 0.482 e. The number of rotatable bonds is 3. The molecule has 2 aliphatic rings. The van der Waals surface area contributed by atoms with Gasteiger partial charge in [0.25, 0.3) is 11.8 Å². The summed E-state index contributed by atoms with van der Waals surface area (Å²) in [6.07, 6.45) is 1.19. The highest BCUT2D eigenvalue weighted by Gasteiger charge is 2.32. The van der Waals surface area contributed by atoms with Crippen LogP contribution >= 0.6 is 0 Å². The zero-order valence-corrected chi connectivity index (χ0v) is 10.7. The van der Waals surface area contributed by atoms with Crippen LogP contribution < -0.4 is 15.4 Å². The fraction of sp³-hybridized carbons (Fsp3) is 0.429. The molecule has 1 aromatic carbocycles. The maximum Gasteiger partial charge on any atom is 0.262 e. The number of fused-ring (bicyclic) bond motifs is 1. The van der Waals surface area contributed by atoms with Crippen LogP contribution in [0.3, 0.4) is 0 Å². The molecule has 1 saturated carbocycles. The van der Waals surface area contributed by atoms with Crippen LogP contribution in [-0.2, 0) is 4.79 Å². The second-order valence-electron chi connectivity index (χ2n) is 5.23. The van der Waals surface area contributed by atoms with Crippen LogP contribution in [0.15, 0.2) is 18.2 Å². The van der Waals surface area contributed by atoms with Gasteiger partial charge in [0.2, 0.25) is 0 Å². The molecule has 2 unspecified atom stereocenters. The quantitative estimate of drug-likeness (QED) is 0.863. The molecular formula is C14H16N2O3. The van der Waals surface area contributed by atoms with E-state index in [1.165, 1.54) is 6.42 Å². The van der Waals surface area contributed by atoms with Crippen molar-refractivity contribution in [1.82, 2.24) is 5.32 Å². The first-order valence-electron chi connectivity index (χ1n) is 6.48. The van der Waals surface area contributed by atoms with E-state index < -0.39 is 0 Å². The van der Waals surface area contributed by atoms with Gasteiger partial charge in [-0.3, -0.25) is 9.59 Å². The maximum absolute atomic E-state index is 12.0. The van der Waals surface area contributed by atoms with E-state index in [0.717, 1.165) is 12.5 Å². The second-order valence-corrected chi connectivity index (χ2v) is 5.23. The third-order valence-corrected chi connectivity index (χ3v) is 3.68. The van der Waals surface area contributed by atoms with Gasteiger partial charge >= 0.3 is 0 Å². The van der Waals surface area contributed by atoms with Crippen LogP contribution in [0, 0.1) is 11.8 Å². The summed E-state index contributed by atoms with van der Waals surface area (Å²) in [6.45, 7) is 2.92. The number of amides is 2. The SMILES string of the molecule is CC1CC1CNC(=O)c1ccc2c(c1)OCC(=O)N2. The highest BCUT2D eigenvalue weighted by molar-refractivity contribution is 5.98. The van der Waals surface area contributed by atoms with Crippen LogP contribution in [0.1, 0.15) is 23.7 Å². The number of hydrogen-bond acceptors (Lipinski definition) is 3. The third kappa shape index (κ3) is 2.54. The lowest BCUT2D eigenvalue weighted by Gasteiger charge is -2.18. The Balaban J connectivity index is 1.67. The smallest absolute Gasteiger partial charge is 0.262 e. The summed E-state index contributed by atoms with van der Waals surface area (Å²) in [4.78, 5) is 23.1. The first kappa shape index (κ1) is 12.0. The van der Waals surface area contributed by atoms with Gasteiger partial charge in [-0.05, 0) is 36.5 Å². The first-order chi connectivity index (χ1) is 9.13. The van der Waals surface area contributed by atoms with Crippen LogP contribution in [0.25, 0.3) is 0 Å². The predicted molar refractivity (Wildman–Crippen MR) is 70.2 cm³/mol. The third-order valence-electron chi connectivity index (χ3n) is 3.68. The Morgan fingerprint density at radius 2 is 2.32 bits per heavy atom. The maximum atomic E-state index is 12.0. The van der Waals surface area contributed by atoms with Crippen molar-refractivity contribution in [1.29, 1.82) is 0 Å². The van der Waals surface area contributed by atoms with Crippen LogP contribution in [-0.4, -0.2) is 25.0 Å². The molecule has 0 radical (unpaired) electrons. The molecule has 1 aliphatic carbocycles. The van der Waals surface area contributed by atoms with Crippen molar-refractivity contribution in [2.45, 2.75) is 13.3 Å². The normalized spacial score (nSPS) is 23.9. The molecule has 2 atom stereocenters. The van der Waals surface area contributed by atoms with E-state index in [1.54, 1.807) is 18.2 Å². The zero-order chi connectivity index (χ0) is 13.4. The Morgan fingerprint density at radius 1 is 1.53 bits per heavy atom. The summed E-state index contributed by atoms with van der Waals surface area (Å²) in [5.41, 5.74) is 1.17. The van der Waals surface area contributed by atoms with Gasteiger partial charge in [0.15, 0.2) is 6.61 Å². The van der Waals surface area contributed by atoms with E-state index in [1.807, 2.05) is 0 Å². The Labute approximate surface area is 111 Å². The summed E-state index contributed by atoms with van der Waals surface area (Å²) < 4.78 is 5.29. The summed E-state index contributed by atoms with van der Waals surface area (Å²) in [5, 5.41) is 5.62. The Bertz CT molecular complexity index is 541. The van der Waals surface area contributed by atoms with E-state index in [0.29, 0.717) is 22.9 Å². The average Bonchev–Trinajstić information content (AvgIpc) is 3.11. The molecule has 2 N–H and O–H groups in total. The van der Waals surface area contributed by atoms with Crippen molar-refractivity contribution in [3.8, 4) is 5.75 Å². The summed E-state index contributed by atoms with van der Waals surface area (Å²) in [6, 6.07) is 5.06. The van der Waals surface area contributed by atoms with Gasteiger partial charge in [-0.2, -0.15) is 0 Å². The van der Waals surface area contributed by atoms with Gasteiger partial charge in [0.05, 0.1) is 5.69 Å². The molecule has 0 spiro atoms. The van der Waals surface area contributed by atoms with E-state index in [9.17, 15) is 9.59 Å². The first-order valence-corrected chi connectivity index (χ1v) is 6.48. The lowest BCUT2D eigenvalue weighted by atomic mass is 10.1. The fourth-order valence-electron chi connectivity index (χ4n) is 2.23. The van der Waals surface area contributed by atoms with Gasteiger partial charge < -0.3 is 15.4 Å². The number of carbonyl (C=O) groups is 2. The van der Waals surface area contributed by atoms with Gasteiger partial charge in [0.1, 0.15) is 5.75 Å². The molecule has 3 rings (SSSR count). The molecule has 0 saturated heterocycles. The van der Waals surface area contributed by atoms with Gasteiger partial charge in [0, 0.05) is 12.1 Å². The molecule has 1 aliphatic heterocycles. The predicted octanol–water partition coefficient (Wildman–Crippen LogP) is 1.40. The van der Waals surface area contributed by atoms with Crippen molar-refractivity contribution in [2.75, 3.05) is 18.5 Å². The molecule has 0 aromatic heterocycles. The minimum Gasteiger partial charge on any atom is -0.482 e. The molecule has 1 fully saturated rings. The molecule has 5 heteroatoms. The number of nitrogens with one attached hydrogen (secondary N) is 2. The number of carbonyl (C=O) groups excluding carboxylic acids is 2. The van der Waals surface area contributed by atoms with Crippen LogP contribution in [0.5, 0.6) is 5.75 Å². The highest BCUT2D eigenvalue weighted by atomic mass is 16.5. The lowest BCUT2D eigenvalue weighted by Crippen LogP contribution is -2.27. The molecule has 1 heterocycles. The standard InChI is InChI=1S/C14H16N2O3/c1-8-4-10(8)6-15-14(18)9-2-3-11-12(5-9)19-7-13(17)16-11/h2-3,5,8,10H,4,6-7H2,1H3,(H,15,18)(H,16,17). The molecule has 19 heavy (non-hydrogen) atoms. The van der Waals surface area contributed by atoms with Crippen molar-refractivity contribution in [3.63, 3.8) is 0 Å². The summed E-state index contributed by atoms with van der Waals surface area (Å²) in [5.74, 6) is 1.63. The minimum atomic E-state index is -0.174. The van der Waals surface area contributed by atoms with Crippen molar-refractivity contribution < 1.29 is 14.3 Å². The van der Waals surface area contributed by atoms with E-state index in [-0.39, 0.29) is 18.4 Å². The van der Waals surface area contributed by atoms with Gasteiger partial charge in [-0.1, -0.05) is 6.92 Å². The van der Waals surface area contributed by atoms with Crippen LogP contribution in [0.2, 0.25) is 0 Å². The summed E-state index contributed by atoms with van der Waals surface area (Å²) in [7, 11) is 0. The monoisotopic (exact) mass is 260 g/mol. The summed E-state index contributed by atoms with van der Waals surface area (Å²) >= 11 is 0. The fourth-order valence-corrected chi connectivity index (χ4v) is 2.23. The average molecular weight is 260 g/mol. The van der Waals surface area contributed by atoms with E-state index >= 15 is 0 Å². The Kier molecular flexibility index (Phi) is 2.89. The lowest BCUT2D eigenvalue weighted by molar-refractivity contribution is -0.118. The number of benzene rings is 1. The molecular weight excluding hydrogens is 244 g/mol. The molecule has 5 nitrogen and oxygen atoms in total. The van der Waals surface area contributed by atoms with Crippen molar-refractivity contribution in [2.24, 2.45) is 11.8 Å². The van der Waals surface area contributed by atoms with Crippen LogP contribution in [0.4, 0.5) is 5.69 Å². The van der Waals surface area contributed by atoms with Crippen molar-refractivity contribution >= 4 is 17.5 Å². The van der Waals surface area contributed by atoms with Gasteiger partial charge in [-0.15, -0.1) is 0 Å². The highest BCUT2D eigenvalue weighted by Crippen LogP contribution is 2.36. The van der Waals surface area contributed by atoms with Gasteiger partial charge in [-0.25, -0.2) is 0 Å².